The highest BCUT2D eigenvalue weighted by atomic mass is 32.1. The molecule has 0 bridgehead atoms. The highest BCUT2D eigenvalue weighted by molar-refractivity contribution is 7.13. The second-order valence-electron chi connectivity index (χ2n) is 6.03. The fourth-order valence-electron chi connectivity index (χ4n) is 2.78. The molecular formula is C19H15FN4O2S. The van der Waals surface area contributed by atoms with E-state index in [0.29, 0.717) is 11.3 Å². The van der Waals surface area contributed by atoms with Crippen molar-refractivity contribution in [1.82, 2.24) is 19.9 Å². The second kappa shape index (κ2) is 6.81. The van der Waals surface area contributed by atoms with Gasteiger partial charge in [0.05, 0.1) is 27.9 Å². The zero-order valence-electron chi connectivity index (χ0n) is 14.3. The minimum Gasteiger partial charge on any atom is -0.344 e. The van der Waals surface area contributed by atoms with E-state index in [-0.39, 0.29) is 11.1 Å². The van der Waals surface area contributed by atoms with Crippen LogP contribution in [0.25, 0.3) is 16.2 Å². The van der Waals surface area contributed by atoms with Crippen LogP contribution in [0.1, 0.15) is 29.0 Å². The number of fused-ring (bicyclic) bond motifs is 1. The van der Waals surface area contributed by atoms with Crippen LogP contribution < -0.4 is 10.9 Å². The smallest absolute Gasteiger partial charge is 0.272 e. The number of H-pyrrole nitrogens is 1. The summed E-state index contributed by atoms with van der Waals surface area (Å²) in [7, 11) is 0. The highest BCUT2D eigenvalue weighted by Gasteiger charge is 2.17. The number of carbonyl (C=O) groups excluding carboxylic acids is 1. The molecule has 1 unspecified atom stereocenters. The summed E-state index contributed by atoms with van der Waals surface area (Å²) in [5, 5.41) is 7.65. The van der Waals surface area contributed by atoms with Crippen molar-refractivity contribution in [1.29, 1.82) is 0 Å². The SMILES string of the molecule is CC(NC(=O)c1ccccc1F)c1cc(=O)n2[nH]c(-c3cccs3)cc2n1. The first-order valence-electron chi connectivity index (χ1n) is 8.25. The van der Waals surface area contributed by atoms with Crippen molar-refractivity contribution in [3.63, 3.8) is 0 Å². The standard InChI is InChI=1S/C19H15FN4O2S/c1-11(21-19(26)12-5-2-3-6-13(12)20)14-10-18(25)24-17(22-14)9-15(23-24)16-7-4-8-27-16/h2-11,23H,1H3,(H,21,26). The summed E-state index contributed by atoms with van der Waals surface area (Å²) in [5.74, 6) is -1.16. The lowest BCUT2D eigenvalue weighted by molar-refractivity contribution is 0.0935. The molecule has 1 amide bonds. The zero-order valence-corrected chi connectivity index (χ0v) is 15.1. The van der Waals surface area contributed by atoms with Crippen molar-refractivity contribution in [2.45, 2.75) is 13.0 Å². The topological polar surface area (TPSA) is 79.3 Å². The van der Waals surface area contributed by atoms with E-state index >= 15 is 0 Å². The van der Waals surface area contributed by atoms with E-state index in [0.717, 1.165) is 10.6 Å². The van der Waals surface area contributed by atoms with Crippen molar-refractivity contribution in [2.75, 3.05) is 0 Å². The van der Waals surface area contributed by atoms with Gasteiger partial charge in [-0.25, -0.2) is 13.9 Å². The van der Waals surface area contributed by atoms with Crippen LogP contribution in [0.2, 0.25) is 0 Å². The molecule has 0 aliphatic heterocycles. The van der Waals surface area contributed by atoms with E-state index < -0.39 is 17.8 Å². The number of thiophene rings is 1. The lowest BCUT2D eigenvalue weighted by Gasteiger charge is -2.13. The number of benzene rings is 1. The van der Waals surface area contributed by atoms with E-state index in [9.17, 15) is 14.0 Å². The van der Waals surface area contributed by atoms with Crippen LogP contribution >= 0.6 is 11.3 Å². The number of nitrogens with one attached hydrogen (secondary N) is 2. The lowest BCUT2D eigenvalue weighted by atomic mass is 10.1. The summed E-state index contributed by atoms with van der Waals surface area (Å²) in [4.78, 5) is 30.2. The molecule has 0 aliphatic carbocycles. The molecule has 27 heavy (non-hydrogen) atoms. The third-order valence-corrected chi connectivity index (χ3v) is 5.07. The average molecular weight is 382 g/mol. The first-order chi connectivity index (χ1) is 13.0. The van der Waals surface area contributed by atoms with Crippen LogP contribution in [0.5, 0.6) is 0 Å². The Bertz CT molecular complexity index is 1180. The average Bonchev–Trinajstić information content (AvgIpc) is 3.31. The Kier molecular flexibility index (Phi) is 4.33. The van der Waals surface area contributed by atoms with Gasteiger partial charge in [-0.2, -0.15) is 0 Å². The van der Waals surface area contributed by atoms with Crippen LogP contribution in [-0.2, 0) is 0 Å². The molecule has 0 fully saturated rings. The summed E-state index contributed by atoms with van der Waals surface area (Å²) in [6.45, 7) is 1.70. The fourth-order valence-corrected chi connectivity index (χ4v) is 3.48. The summed E-state index contributed by atoms with van der Waals surface area (Å²) >= 11 is 1.55. The van der Waals surface area contributed by atoms with Crippen molar-refractivity contribution in [3.05, 3.63) is 81.3 Å². The molecule has 0 aliphatic rings. The number of halogens is 1. The van der Waals surface area contributed by atoms with Gasteiger partial charge in [-0.3, -0.25) is 14.7 Å². The Hall–Kier alpha value is -3.26. The predicted molar refractivity (Wildman–Crippen MR) is 101 cm³/mol. The Morgan fingerprint density at radius 1 is 1.26 bits per heavy atom. The highest BCUT2D eigenvalue weighted by Crippen LogP contribution is 2.23. The fraction of sp³-hybridized carbons (Fsp3) is 0.105. The van der Waals surface area contributed by atoms with Crippen LogP contribution in [-0.4, -0.2) is 20.5 Å². The molecule has 8 heteroatoms. The summed E-state index contributed by atoms with van der Waals surface area (Å²) in [5.41, 5.74) is 1.30. The molecule has 3 aromatic heterocycles. The first kappa shape index (κ1) is 17.2. The summed E-state index contributed by atoms with van der Waals surface area (Å²) in [6, 6.07) is 12.2. The molecular weight excluding hydrogens is 367 g/mol. The maximum atomic E-state index is 13.8. The Labute approximate surface area is 157 Å². The number of nitrogens with zero attached hydrogens (tertiary/aromatic N) is 2. The summed E-state index contributed by atoms with van der Waals surface area (Å²) < 4.78 is 15.1. The van der Waals surface area contributed by atoms with E-state index in [2.05, 4.69) is 15.4 Å². The molecule has 2 N–H and O–H groups in total. The molecule has 0 radical (unpaired) electrons. The van der Waals surface area contributed by atoms with E-state index in [1.165, 1.54) is 28.8 Å². The van der Waals surface area contributed by atoms with Gasteiger partial charge in [0.1, 0.15) is 5.82 Å². The third kappa shape index (κ3) is 3.26. The molecule has 1 atom stereocenters. The molecule has 136 valence electrons. The Balaban J connectivity index is 1.64. The molecule has 4 rings (SSSR count). The van der Waals surface area contributed by atoms with Crippen molar-refractivity contribution in [2.24, 2.45) is 0 Å². The molecule has 0 saturated carbocycles. The Morgan fingerprint density at radius 2 is 2.07 bits per heavy atom. The minimum absolute atomic E-state index is 0.0521. The van der Waals surface area contributed by atoms with Gasteiger partial charge in [0.15, 0.2) is 5.65 Å². The van der Waals surface area contributed by atoms with E-state index in [4.69, 9.17) is 0 Å². The monoisotopic (exact) mass is 382 g/mol. The molecule has 4 aromatic rings. The lowest BCUT2D eigenvalue weighted by Crippen LogP contribution is -2.29. The van der Waals surface area contributed by atoms with Gasteiger partial charge >= 0.3 is 0 Å². The molecule has 3 heterocycles. The number of hydrogen-bond acceptors (Lipinski definition) is 4. The molecule has 0 saturated heterocycles. The van der Waals surface area contributed by atoms with Gasteiger partial charge < -0.3 is 5.32 Å². The number of rotatable bonds is 4. The van der Waals surface area contributed by atoms with Crippen LogP contribution in [0.15, 0.2) is 58.7 Å². The van der Waals surface area contributed by atoms with Gasteiger partial charge in [-0.05, 0) is 30.5 Å². The third-order valence-electron chi connectivity index (χ3n) is 4.17. The number of hydrogen-bond donors (Lipinski definition) is 2. The normalized spacial score (nSPS) is 12.2. The number of amides is 1. The van der Waals surface area contributed by atoms with Gasteiger partial charge in [0, 0.05) is 12.1 Å². The molecule has 1 aromatic carbocycles. The van der Waals surface area contributed by atoms with Crippen molar-refractivity contribution < 1.29 is 9.18 Å². The summed E-state index contributed by atoms with van der Waals surface area (Å²) in [6.07, 6.45) is 0. The van der Waals surface area contributed by atoms with Gasteiger partial charge in [-0.1, -0.05) is 18.2 Å². The maximum Gasteiger partial charge on any atom is 0.272 e. The van der Waals surface area contributed by atoms with E-state index in [1.54, 1.807) is 30.4 Å². The van der Waals surface area contributed by atoms with E-state index in [1.807, 2.05) is 17.5 Å². The van der Waals surface area contributed by atoms with Gasteiger partial charge in [-0.15, -0.1) is 11.3 Å². The second-order valence-corrected chi connectivity index (χ2v) is 6.98. The minimum atomic E-state index is -0.600. The van der Waals surface area contributed by atoms with Gasteiger partial charge in [0.2, 0.25) is 0 Å². The number of aromatic nitrogens is 3. The van der Waals surface area contributed by atoms with Crippen molar-refractivity contribution in [3.8, 4) is 10.6 Å². The van der Waals surface area contributed by atoms with Crippen LogP contribution in [0.4, 0.5) is 4.39 Å². The maximum absolute atomic E-state index is 13.8. The number of carbonyl (C=O) groups is 1. The predicted octanol–water partition coefficient (Wildman–Crippen LogP) is 3.38. The number of aromatic amines is 1. The van der Waals surface area contributed by atoms with Crippen LogP contribution in [0.3, 0.4) is 0 Å². The zero-order chi connectivity index (χ0) is 19.0. The molecule has 6 nitrogen and oxygen atoms in total. The quantitative estimate of drug-likeness (QED) is 0.568. The first-order valence-corrected chi connectivity index (χ1v) is 9.13. The van der Waals surface area contributed by atoms with Gasteiger partial charge in [0.25, 0.3) is 11.5 Å². The van der Waals surface area contributed by atoms with Crippen molar-refractivity contribution >= 4 is 22.9 Å². The van der Waals surface area contributed by atoms with Crippen LogP contribution in [0, 0.1) is 5.82 Å². The molecule has 0 spiro atoms. The Morgan fingerprint density at radius 3 is 2.81 bits per heavy atom. The largest absolute Gasteiger partial charge is 0.344 e.